The third kappa shape index (κ3) is 12.2. The van der Waals surface area contributed by atoms with Gasteiger partial charge in [0.2, 0.25) is 6.79 Å². The van der Waals surface area contributed by atoms with E-state index < -0.39 is 0 Å². The van der Waals surface area contributed by atoms with Crippen LogP contribution < -0.4 is 20.1 Å². The molecule has 11 heteroatoms. The molecule has 1 fully saturated rings. The molecule has 0 atom stereocenters. The van der Waals surface area contributed by atoms with E-state index in [2.05, 4.69) is 109 Å². The smallest absolute Gasteiger partial charge is 0.251 e. The second-order valence-electron chi connectivity index (χ2n) is 18.1. The van der Waals surface area contributed by atoms with Crippen LogP contribution in [-0.4, -0.2) is 61.1 Å². The SMILES string of the molecule is CCCC1=Nc2cc(C(=O)NCCCN3CCC(Cc4ccccc4)CC3)ccc2Sc2ccccc21.CCCC1=Nc2cc(C(=O)NCc3ccc4c(c3)OCO4)ccc2Sc2ccc(C)cc21. The minimum atomic E-state index is -0.125. The number of hydrogen-bond acceptors (Lipinski definition) is 9. The summed E-state index contributed by atoms with van der Waals surface area (Å²) in [4.78, 5) is 43.0. The fourth-order valence-electron chi connectivity index (χ4n) is 9.22. The first-order chi connectivity index (χ1) is 33.8. The van der Waals surface area contributed by atoms with E-state index in [0.717, 1.165) is 102 Å². The number of rotatable bonds is 14. The van der Waals surface area contributed by atoms with Crippen LogP contribution in [0.25, 0.3) is 0 Å². The van der Waals surface area contributed by atoms with Crippen molar-refractivity contribution in [2.24, 2.45) is 15.9 Å². The van der Waals surface area contributed by atoms with Crippen molar-refractivity contribution >= 4 is 58.1 Å². The fourth-order valence-corrected chi connectivity index (χ4v) is 11.3. The Morgan fingerprint density at radius 2 is 1.26 bits per heavy atom. The summed E-state index contributed by atoms with van der Waals surface area (Å²) in [5.41, 5.74) is 11.3. The standard InChI is InChI=1S/C32H37N3OS.C26H24N2O3S/c1-2-9-28-27-12-6-7-13-30(27)37-31-15-14-26(23-29(31)34-28)32(36)33-18-8-19-35-20-16-25(17-21-35)22-24-10-4-3-5-11-24;1-3-4-20-19-11-16(2)5-9-24(19)32-25-10-7-18(13-21(25)28-20)26(29)27-14-17-6-8-22-23(12-17)31-15-30-22/h3-7,10-15,23,25H,2,8-9,16-22H2,1H3,(H,33,36);5-13H,3-4,14-15H2,1-2H3,(H,27,29). The molecule has 1 saturated heterocycles. The van der Waals surface area contributed by atoms with E-state index in [1.807, 2.05) is 54.6 Å². The maximum atomic E-state index is 12.9. The topological polar surface area (TPSA) is 105 Å². The summed E-state index contributed by atoms with van der Waals surface area (Å²) in [5, 5.41) is 6.13. The van der Waals surface area contributed by atoms with Crippen molar-refractivity contribution in [3.8, 4) is 11.5 Å². The van der Waals surface area contributed by atoms with Crippen LogP contribution in [0.5, 0.6) is 11.5 Å². The number of aryl methyl sites for hydroxylation is 1. The minimum absolute atomic E-state index is 0.0108. The lowest BCUT2D eigenvalue weighted by molar-refractivity contribution is 0.0942. The molecule has 69 heavy (non-hydrogen) atoms. The van der Waals surface area contributed by atoms with Gasteiger partial charge < -0.3 is 25.0 Å². The van der Waals surface area contributed by atoms with Gasteiger partial charge in [-0.05, 0) is 149 Å². The van der Waals surface area contributed by atoms with Gasteiger partial charge in [-0.3, -0.25) is 19.6 Å². The summed E-state index contributed by atoms with van der Waals surface area (Å²) in [6.45, 7) is 11.2. The summed E-state index contributed by atoms with van der Waals surface area (Å²) in [6, 6.07) is 43.2. The molecular formula is C58H61N5O4S2. The van der Waals surface area contributed by atoms with Crippen LogP contribution in [0.1, 0.15) is 107 Å². The van der Waals surface area contributed by atoms with Crippen molar-refractivity contribution in [3.63, 3.8) is 0 Å². The first-order valence-electron chi connectivity index (χ1n) is 24.5. The Kier molecular flexibility index (Phi) is 16.0. The lowest BCUT2D eigenvalue weighted by atomic mass is 9.90. The van der Waals surface area contributed by atoms with Gasteiger partial charge in [0.15, 0.2) is 11.5 Å². The van der Waals surface area contributed by atoms with Gasteiger partial charge in [-0.15, -0.1) is 0 Å². The van der Waals surface area contributed by atoms with Gasteiger partial charge in [0, 0.05) is 66.3 Å². The highest BCUT2D eigenvalue weighted by molar-refractivity contribution is 7.99. The monoisotopic (exact) mass is 955 g/mol. The number of nitrogens with zero attached hydrogens (tertiary/aromatic N) is 3. The van der Waals surface area contributed by atoms with E-state index in [4.69, 9.17) is 19.5 Å². The number of carbonyl (C=O) groups is 2. The molecule has 0 radical (unpaired) electrons. The highest BCUT2D eigenvalue weighted by Crippen LogP contribution is 2.43. The molecule has 4 heterocycles. The van der Waals surface area contributed by atoms with Gasteiger partial charge in [-0.2, -0.15) is 0 Å². The Morgan fingerprint density at radius 3 is 1.97 bits per heavy atom. The van der Waals surface area contributed by atoms with Crippen LogP contribution in [0.2, 0.25) is 0 Å². The number of fused-ring (bicyclic) bond motifs is 5. The summed E-state index contributed by atoms with van der Waals surface area (Å²) in [7, 11) is 0. The number of ether oxygens (including phenoxy) is 2. The largest absolute Gasteiger partial charge is 0.454 e. The molecule has 2 N–H and O–H groups in total. The minimum Gasteiger partial charge on any atom is -0.454 e. The zero-order valence-electron chi connectivity index (χ0n) is 39.9. The first kappa shape index (κ1) is 47.9. The number of piperidine rings is 1. The van der Waals surface area contributed by atoms with Crippen molar-refractivity contribution in [3.05, 3.63) is 166 Å². The Bertz CT molecular complexity index is 2860. The van der Waals surface area contributed by atoms with Crippen LogP contribution >= 0.6 is 23.5 Å². The second-order valence-corrected chi connectivity index (χ2v) is 20.3. The lowest BCUT2D eigenvalue weighted by Gasteiger charge is -2.32. The molecule has 0 aromatic heterocycles. The molecule has 9 nitrogen and oxygen atoms in total. The van der Waals surface area contributed by atoms with E-state index in [1.165, 1.54) is 51.3 Å². The van der Waals surface area contributed by atoms with Crippen molar-refractivity contribution in [2.45, 2.75) is 98.3 Å². The molecule has 0 saturated carbocycles. The molecule has 0 spiro atoms. The van der Waals surface area contributed by atoms with Crippen LogP contribution in [0.3, 0.4) is 0 Å². The molecule has 0 aliphatic carbocycles. The molecule has 2 amide bonds. The number of aliphatic imine (C=N–C) groups is 2. The zero-order valence-corrected chi connectivity index (χ0v) is 41.5. The lowest BCUT2D eigenvalue weighted by Crippen LogP contribution is -2.36. The molecule has 4 aliphatic rings. The summed E-state index contributed by atoms with van der Waals surface area (Å²) in [5.74, 6) is 2.10. The van der Waals surface area contributed by atoms with Crippen molar-refractivity contribution in [1.29, 1.82) is 0 Å². The molecule has 0 unspecified atom stereocenters. The van der Waals surface area contributed by atoms with Gasteiger partial charge in [0.25, 0.3) is 11.8 Å². The quantitative estimate of drug-likeness (QED) is 0.105. The Balaban J connectivity index is 0.000000174. The average Bonchev–Trinajstić information content (AvgIpc) is 3.72. The van der Waals surface area contributed by atoms with Gasteiger partial charge in [0.05, 0.1) is 11.4 Å². The van der Waals surface area contributed by atoms with Crippen molar-refractivity contribution < 1.29 is 19.1 Å². The number of nitrogens with one attached hydrogen (secondary N) is 2. The number of benzene rings is 6. The molecule has 0 bridgehead atoms. The average molecular weight is 956 g/mol. The molecule has 6 aromatic rings. The molecule has 354 valence electrons. The van der Waals surface area contributed by atoms with Gasteiger partial charge in [-0.25, -0.2) is 0 Å². The van der Waals surface area contributed by atoms with Gasteiger partial charge in [-0.1, -0.05) is 116 Å². The Labute approximate surface area is 415 Å². The second kappa shape index (κ2) is 23.0. The van der Waals surface area contributed by atoms with E-state index >= 15 is 0 Å². The Morgan fingerprint density at radius 1 is 0.638 bits per heavy atom. The number of carbonyl (C=O) groups excluding carboxylic acids is 2. The van der Waals surface area contributed by atoms with E-state index in [-0.39, 0.29) is 18.6 Å². The van der Waals surface area contributed by atoms with Gasteiger partial charge >= 0.3 is 0 Å². The zero-order chi connectivity index (χ0) is 47.5. The van der Waals surface area contributed by atoms with Crippen LogP contribution in [0, 0.1) is 12.8 Å². The predicted molar refractivity (Wildman–Crippen MR) is 281 cm³/mol. The maximum Gasteiger partial charge on any atom is 0.251 e. The summed E-state index contributed by atoms with van der Waals surface area (Å²) >= 11 is 3.45. The number of amides is 2. The molecule has 10 rings (SSSR count). The maximum absolute atomic E-state index is 12.9. The van der Waals surface area contributed by atoms with Crippen molar-refractivity contribution in [2.75, 3.05) is 33.0 Å². The van der Waals surface area contributed by atoms with E-state index in [1.54, 1.807) is 23.5 Å². The van der Waals surface area contributed by atoms with Crippen LogP contribution in [0.15, 0.2) is 157 Å². The van der Waals surface area contributed by atoms with E-state index in [0.29, 0.717) is 30.0 Å². The van der Waals surface area contributed by atoms with Crippen molar-refractivity contribution in [1.82, 2.24) is 15.5 Å². The molecular weight excluding hydrogens is 895 g/mol. The molecule has 6 aromatic carbocycles. The van der Waals surface area contributed by atoms with E-state index in [9.17, 15) is 9.59 Å². The first-order valence-corrected chi connectivity index (χ1v) is 26.1. The third-order valence-electron chi connectivity index (χ3n) is 12.9. The Hall–Kier alpha value is -6.14. The number of likely N-dealkylation sites (tertiary alicyclic amines) is 1. The number of hydrogen-bond donors (Lipinski definition) is 2. The highest BCUT2D eigenvalue weighted by Gasteiger charge is 2.22. The normalized spacial score (nSPS) is 14.8. The van der Waals surface area contributed by atoms with Crippen LogP contribution in [-0.2, 0) is 13.0 Å². The summed E-state index contributed by atoms with van der Waals surface area (Å²) < 4.78 is 10.8. The fraction of sp³-hybridized carbons (Fsp3) is 0.310. The third-order valence-corrected chi connectivity index (χ3v) is 15.2. The summed E-state index contributed by atoms with van der Waals surface area (Å²) in [6.07, 6.45) is 8.58. The van der Waals surface area contributed by atoms with Crippen LogP contribution in [0.4, 0.5) is 11.4 Å². The highest BCUT2D eigenvalue weighted by atomic mass is 32.2. The predicted octanol–water partition coefficient (Wildman–Crippen LogP) is 13.2. The van der Waals surface area contributed by atoms with Gasteiger partial charge in [0.1, 0.15) is 0 Å². The molecule has 4 aliphatic heterocycles.